The molecule has 0 bridgehead atoms. The summed E-state index contributed by atoms with van der Waals surface area (Å²) in [4.78, 5) is 7.09. The minimum absolute atomic E-state index is 0.545. The lowest BCUT2D eigenvalue weighted by Crippen LogP contribution is -2.29. The van der Waals surface area contributed by atoms with Crippen molar-refractivity contribution in [1.82, 2.24) is 4.90 Å². The normalized spacial score (nSPS) is 12.3. The third kappa shape index (κ3) is 8.78. The average molecular weight is 375 g/mol. The summed E-state index contributed by atoms with van der Waals surface area (Å²) >= 11 is 0. The number of aryl methyl sites for hydroxylation is 2. The summed E-state index contributed by atoms with van der Waals surface area (Å²) in [6, 6.07) is 4.04. The van der Waals surface area contributed by atoms with Crippen LogP contribution in [0.3, 0.4) is 0 Å². The van der Waals surface area contributed by atoms with Crippen LogP contribution in [0, 0.1) is 13.8 Å². The maximum Gasteiger partial charge on any atom is 0.125 e. The van der Waals surface area contributed by atoms with E-state index in [1.54, 1.807) is 7.11 Å². The van der Waals surface area contributed by atoms with Gasteiger partial charge in [0.15, 0.2) is 0 Å². The lowest BCUT2D eigenvalue weighted by molar-refractivity contribution is 0.210. The van der Waals surface area contributed by atoms with Crippen molar-refractivity contribution in [3.63, 3.8) is 0 Å². The lowest BCUT2D eigenvalue weighted by Gasteiger charge is -2.17. The van der Waals surface area contributed by atoms with Crippen LogP contribution in [-0.4, -0.2) is 50.6 Å². The number of hydrogen-bond acceptors (Lipinski definition) is 5. The highest BCUT2D eigenvalue weighted by Gasteiger charge is 2.07. The first kappa shape index (κ1) is 22.8. The first-order valence-corrected chi connectivity index (χ1v) is 9.43. The fraction of sp³-hybridized carbons (Fsp3) is 0.500. The lowest BCUT2D eigenvalue weighted by atomic mass is 10.1. The highest BCUT2D eigenvalue weighted by molar-refractivity contribution is 5.83. The monoisotopic (exact) mass is 374 g/mol. The van der Waals surface area contributed by atoms with Crippen LogP contribution in [0.15, 0.2) is 41.6 Å². The average Bonchev–Trinajstić information content (AvgIpc) is 2.62. The molecular weight excluding hydrogens is 340 g/mol. The van der Waals surface area contributed by atoms with Crippen LogP contribution in [0.5, 0.6) is 11.5 Å². The van der Waals surface area contributed by atoms with Crippen LogP contribution in [-0.2, 0) is 4.84 Å². The third-order valence-corrected chi connectivity index (χ3v) is 4.02. The zero-order valence-electron chi connectivity index (χ0n) is 17.6. The quantitative estimate of drug-likeness (QED) is 0.306. The molecule has 0 amide bonds. The number of rotatable bonds is 12. The molecule has 0 aliphatic heterocycles. The van der Waals surface area contributed by atoms with E-state index < -0.39 is 0 Å². The van der Waals surface area contributed by atoms with Crippen LogP contribution >= 0.6 is 0 Å². The van der Waals surface area contributed by atoms with Gasteiger partial charge in [-0.15, -0.1) is 0 Å². The highest BCUT2D eigenvalue weighted by atomic mass is 16.6. The van der Waals surface area contributed by atoms with E-state index >= 15 is 0 Å². The summed E-state index contributed by atoms with van der Waals surface area (Å²) in [6.07, 6.45) is 8.15. The number of hydrogen-bond donors (Lipinski definition) is 0. The number of nitrogens with zero attached hydrogens (tertiary/aromatic N) is 2. The van der Waals surface area contributed by atoms with Crippen LogP contribution in [0.4, 0.5) is 0 Å². The topological polar surface area (TPSA) is 43.3 Å². The summed E-state index contributed by atoms with van der Waals surface area (Å²) in [7, 11) is 1.57. The van der Waals surface area contributed by atoms with E-state index in [9.17, 15) is 0 Å². The molecule has 0 spiro atoms. The van der Waals surface area contributed by atoms with Gasteiger partial charge in [0.2, 0.25) is 0 Å². The number of benzene rings is 1. The van der Waals surface area contributed by atoms with Gasteiger partial charge in [-0.3, -0.25) is 4.90 Å². The van der Waals surface area contributed by atoms with E-state index in [1.165, 1.54) is 0 Å². The van der Waals surface area contributed by atoms with Crippen molar-refractivity contribution in [2.45, 2.75) is 34.6 Å². The van der Waals surface area contributed by atoms with Crippen LogP contribution in [0.25, 0.3) is 0 Å². The van der Waals surface area contributed by atoms with E-state index in [4.69, 9.17) is 14.3 Å². The van der Waals surface area contributed by atoms with Crippen molar-refractivity contribution in [3.05, 3.63) is 47.6 Å². The number of likely N-dealkylation sites (N-methyl/N-ethyl adjacent to an activating group) is 1. The molecule has 5 heteroatoms. The Bertz CT molecular complexity index is 628. The van der Waals surface area contributed by atoms with Crippen molar-refractivity contribution >= 4 is 5.71 Å². The number of oxime groups is 1. The largest absolute Gasteiger partial charge is 0.490 e. The second-order valence-corrected chi connectivity index (χ2v) is 6.39. The molecule has 27 heavy (non-hydrogen) atoms. The van der Waals surface area contributed by atoms with Gasteiger partial charge in [0.25, 0.3) is 0 Å². The van der Waals surface area contributed by atoms with Gasteiger partial charge in [-0.1, -0.05) is 36.4 Å². The zero-order chi connectivity index (χ0) is 20.1. The fourth-order valence-electron chi connectivity index (χ4n) is 2.70. The van der Waals surface area contributed by atoms with Crippen molar-refractivity contribution in [2.75, 3.05) is 40.0 Å². The molecule has 150 valence electrons. The van der Waals surface area contributed by atoms with Crippen molar-refractivity contribution in [1.29, 1.82) is 0 Å². The Morgan fingerprint density at radius 2 is 1.74 bits per heavy atom. The molecule has 0 heterocycles. The molecule has 0 aliphatic carbocycles. The molecule has 0 atom stereocenters. The molecule has 0 unspecified atom stereocenters. The van der Waals surface area contributed by atoms with Gasteiger partial charge in [-0.2, -0.15) is 0 Å². The Morgan fingerprint density at radius 3 is 2.33 bits per heavy atom. The second-order valence-electron chi connectivity index (χ2n) is 6.39. The maximum absolute atomic E-state index is 5.96. The van der Waals surface area contributed by atoms with Crippen LogP contribution < -0.4 is 9.47 Å². The molecule has 0 saturated heterocycles. The van der Waals surface area contributed by atoms with Crippen LogP contribution in [0.2, 0.25) is 0 Å². The highest BCUT2D eigenvalue weighted by Crippen LogP contribution is 2.28. The SMILES string of the molecule is C/C=C/COc1cc(C)c(OC/C=C/CN(CC)CC(C)=NOC)c(C)c1. The molecule has 0 fully saturated rings. The standard InChI is InChI=1S/C22H34N2O3/c1-7-9-13-26-21-15-18(3)22(19(4)16-21)27-14-11-10-12-24(8-2)17-20(5)23-25-6/h7,9-11,15-16H,8,12-14,17H2,1-6H3/b9-7+,11-10+,23-20?. The summed E-state index contributed by atoms with van der Waals surface area (Å²) in [5, 5.41) is 3.96. The van der Waals surface area contributed by atoms with Crippen molar-refractivity contribution in [2.24, 2.45) is 5.16 Å². The summed E-state index contributed by atoms with van der Waals surface area (Å²) < 4.78 is 11.7. The molecule has 0 N–H and O–H groups in total. The molecule has 0 saturated carbocycles. The zero-order valence-corrected chi connectivity index (χ0v) is 17.6. The van der Waals surface area contributed by atoms with E-state index in [0.29, 0.717) is 13.2 Å². The number of ether oxygens (including phenoxy) is 2. The van der Waals surface area contributed by atoms with Gasteiger partial charge in [0, 0.05) is 13.1 Å². The van der Waals surface area contributed by atoms with E-state index in [0.717, 1.165) is 48.0 Å². The van der Waals surface area contributed by atoms with Crippen LogP contribution in [0.1, 0.15) is 31.9 Å². The Morgan fingerprint density at radius 1 is 1.07 bits per heavy atom. The minimum atomic E-state index is 0.545. The fourth-order valence-corrected chi connectivity index (χ4v) is 2.70. The Labute approximate surface area is 164 Å². The maximum atomic E-state index is 5.96. The van der Waals surface area contributed by atoms with Crippen molar-refractivity contribution in [3.8, 4) is 11.5 Å². The van der Waals surface area contributed by atoms with E-state index in [1.807, 2.05) is 52.0 Å². The van der Waals surface area contributed by atoms with Gasteiger partial charge in [0.05, 0.1) is 5.71 Å². The summed E-state index contributed by atoms with van der Waals surface area (Å²) in [5.41, 5.74) is 3.13. The van der Waals surface area contributed by atoms with Gasteiger partial charge in [-0.05, 0) is 57.5 Å². The smallest absolute Gasteiger partial charge is 0.125 e. The van der Waals surface area contributed by atoms with E-state index in [-0.39, 0.29) is 0 Å². The van der Waals surface area contributed by atoms with Crippen molar-refractivity contribution < 1.29 is 14.3 Å². The molecule has 5 nitrogen and oxygen atoms in total. The molecule has 0 aliphatic rings. The first-order valence-electron chi connectivity index (χ1n) is 9.43. The number of allylic oxidation sites excluding steroid dienone is 1. The molecule has 0 radical (unpaired) electrons. The third-order valence-electron chi connectivity index (χ3n) is 4.02. The predicted octanol–water partition coefficient (Wildman–Crippen LogP) is 4.54. The Kier molecular flexibility index (Phi) is 10.9. The van der Waals surface area contributed by atoms with Gasteiger partial charge in [-0.25, -0.2) is 0 Å². The first-order chi connectivity index (χ1) is 13.0. The molecule has 1 rings (SSSR count). The minimum Gasteiger partial charge on any atom is -0.490 e. The molecule has 0 aromatic heterocycles. The van der Waals surface area contributed by atoms with Gasteiger partial charge < -0.3 is 14.3 Å². The summed E-state index contributed by atoms with van der Waals surface area (Å²) in [6.45, 7) is 13.9. The second kappa shape index (κ2) is 13.0. The van der Waals surface area contributed by atoms with Gasteiger partial charge in [0.1, 0.15) is 31.8 Å². The molecular formula is C22H34N2O3. The molecule has 1 aromatic rings. The van der Waals surface area contributed by atoms with E-state index in [2.05, 4.69) is 29.1 Å². The summed E-state index contributed by atoms with van der Waals surface area (Å²) in [5.74, 6) is 1.80. The van der Waals surface area contributed by atoms with Gasteiger partial charge >= 0.3 is 0 Å². The molecule has 1 aromatic carbocycles. The predicted molar refractivity (Wildman–Crippen MR) is 113 cm³/mol. The Balaban J connectivity index is 2.53. The Hall–Kier alpha value is -2.27.